The minimum Gasteiger partial charge on any atom is -0.361 e. The highest BCUT2D eigenvalue weighted by molar-refractivity contribution is 5.83. The van der Waals surface area contributed by atoms with Crippen LogP contribution >= 0.6 is 0 Å². The van der Waals surface area contributed by atoms with Gasteiger partial charge in [0.05, 0.1) is 11.1 Å². The Bertz CT molecular complexity index is 1160. The summed E-state index contributed by atoms with van der Waals surface area (Å²) in [6, 6.07) is 17.8. The Hall–Kier alpha value is -3.26. The van der Waals surface area contributed by atoms with E-state index in [-0.39, 0.29) is 0 Å². The van der Waals surface area contributed by atoms with Gasteiger partial charge in [0, 0.05) is 36.7 Å². The van der Waals surface area contributed by atoms with Crippen LogP contribution in [-0.2, 0) is 31.9 Å². The Morgan fingerprint density at radius 2 is 1.15 bits per heavy atom. The number of aromatic nitrogens is 1. The molecule has 0 unspecified atom stereocenters. The summed E-state index contributed by atoms with van der Waals surface area (Å²) in [6.07, 6.45) is -6.22. The minimum atomic E-state index is -4.41. The highest BCUT2D eigenvalue weighted by atomic mass is 19.4. The number of nitrogens with zero attached hydrogens (tertiary/aromatic N) is 1. The minimum absolute atomic E-state index is 0.363. The number of hydrogen-bond donors (Lipinski definition) is 1. The molecule has 0 fully saturated rings. The summed E-state index contributed by atoms with van der Waals surface area (Å²) in [6.45, 7) is 1.30. The molecule has 0 aliphatic heterocycles. The quantitative estimate of drug-likeness (QED) is 0.275. The van der Waals surface area contributed by atoms with Gasteiger partial charge in [-0.05, 0) is 53.4 Å². The van der Waals surface area contributed by atoms with Gasteiger partial charge in [0.2, 0.25) is 0 Å². The molecule has 178 valence electrons. The van der Waals surface area contributed by atoms with Gasteiger partial charge >= 0.3 is 12.4 Å². The predicted octanol–water partition coefficient (Wildman–Crippen LogP) is 7.45. The number of alkyl halides is 6. The van der Waals surface area contributed by atoms with Crippen LogP contribution in [-0.4, -0.2) is 16.4 Å². The van der Waals surface area contributed by atoms with E-state index in [2.05, 4.69) is 4.98 Å². The van der Waals surface area contributed by atoms with E-state index < -0.39 is 23.5 Å². The van der Waals surface area contributed by atoms with E-state index in [1.54, 1.807) is 0 Å². The number of benzene rings is 3. The summed E-state index contributed by atoms with van der Waals surface area (Å²) < 4.78 is 77.4. The van der Waals surface area contributed by atoms with Crippen molar-refractivity contribution in [1.82, 2.24) is 9.88 Å². The molecular weight excluding hydrogens is 454 g/mol. The molecule has 4 rings (SSSR count). The molecule has 0 amide bonds. The van der Waals surface area contributed by atoms with Gasteiger partial charge in [0.1, 0.15) is 0 Å². The third-order valence-corrected chi connectivity index (χ3v) is 5.75. The van der Waals surface area contributed by atoms with E-state index >= 15 is 0 Å². The lowest BCUT2D eigenvalue weighted by Crippen LogP contribution is -2.25. The third-order valence-electron chi connectivity index (χ3n) is 5.75. The van der Waals surface area contributed by atoms with Crippen molar-refractivity contribution in [2.45, 2.75) is 31.9 Å². The molecule has 1 heterocycles. The Morgan fingerprint density at radius 3 is 1.65 bits per heavy atom. The average Bonchev–Trinajstić information content (AvgIpc) is 3.20. The van der Waals surface area contributed by atoms with Crippen molar-refractivity contribution in [3.63, 3.8) is 0 Å². The lowest BCUT2D eigenvalue weighted by atomic mass is 10.1. The van der Waals surface area contributed by atoms with E-state index in [9.17, 15) is 26.3 Å². The van der Waals surface area contributed by atoms with Crippen LogP contribution in [0, 0.1) is 0 Å². The Morgan fingerprint density at radius 1 is 0.647 bits per heavy atom. The maximum Gasteiger partial charge on any atom is 0.416 e. The van der Waals surface area contributed by atoms with Crippen molar-refractivity contribution >= 4 is 10.9 Å². The van der Waals surface area contributed by atoms with Gasteiger partial charge in [-0.3, -0.25) is 4.90 Å². The van der Waals surface area contributed by atoms with Crippen LogP contribution in [0.5, 0.6) is 0 Å². The average molecular weight is 476 g/mol. The van der Waals surface area contributed by atoms with Gasteiger partial charge in [0.25, 0.3) is 0 Å². The zero-order valence-corrected chi connectivity index (χ0v) is 18.0. The summed E-state index contributed by atoms with van der Waals surface area (Å²) in [5, 5.41) is 1.09. The molecule has 34 heavy (non-hydrogen) atoms. The molecule has 4 aromatic rings. The number of hydrogen-bond acceptors (Lipinski definition) is 1. The second kappa shape index (κ2) is 9.54. The molecule has 0 saturated carbocycles. The van der Waals surface area contributed by atoms with Crippen LogP contribution < -0.4 is 0 Å². The van der Waals surface area contributed by atoms with Gasteiger partial charge in [0.15, 0.2) is 0 Å². The molecule has 8 heteroatoms. The van der Waals surface area contributed by atoms with Gasteiger partial charge in [-0.25, -0.2) is 0 Å². The van der Waals surface area contributed by atoms with E-state index in [4.69, 9.17) is 0 Å². The van der Waals surface area contributed by atoms with E-state index in [0.717, 1.165) is 40.7 Å². The number of aromatic amines is 1. The van der Waals surface area contributed by atoms with Crippen molar-refractivity contribution in [1.29, 1.82) is 0 Å². The number of H-pyrrole nitrogens is 1. The molecular formula is C26H22F6N2. The van der Waals surface area contributed by atoms with Gasteiger partial charge in [-0.1, -0.05) is 42.5 Å². The Kier molecular flexibility index (Phi) is 6.70. The van der Waals surface area contributed by atoms with Crippen LogP contribution in [0.2, 0.25) is 0 Å². The zero-order chi connectivity index (χ0) is 24.3. The van der Waals surface area contributed by atoms with Gasteiger partial charge < -0.3 is 4.98 Å². The first-order chi connectivity index (χ1) is 16.1. The maximum absolute atomic E-state index is 12.9. The summed E-state index contributed by atoms with van der Waals surface area (Å²) in [5.41, 5.74) is 2.06. The summed E-state index contributed by atoms with van der Waals surface area (Å²) in [5.74, 6) is 0. The van der Waals surface area contributed by atoms with Crippen molar-refractivity contribution in [3.8, 4) is 0 Å². The monoisotopic (exact) mass is 476 g/mol. The van der Waals surface area contributed by atoms with Crippen molar-refractivity contribution < 1.29 is 26.3 Å². The highest BCUT2D eigenvalue weighted by Gasteiger charge is 2.30. The molecule has 1 N–H and O–H groups in total. The van der Waals surface area contributed by atoms with E-state index in [1.165, 1.54) is 24.3 Å². The second-order valence-corrected chi connectivity index (χ2v) is 8.21. The van der Waals surface area contributed by atoms with Gasteiger partial charge in [-0.15, -0.1) is 0 Å². The summed E-state index contributed by atoms with van der Waals surface area (Å²) in [7, 11) is 0. The largest absolute Gasteiger partial charge is 0.416 e. The zero-order valence-electron chi connectivity index (χ0n) is 18.0. The van der Waals surface area contributed by atoms with E-state index in [1.807, 2.05) is 35.4 Å². The molecule has 0 saturated heterocycles. The standard InChI is InChI=1S/C26H22F6N2/c27-25(28,29)21-9-5-18(6-10-21)16-34(17-19-7-11-22(12-8-19)26(30,31)32)14-13-20-15-33-24-4-2-1-3-23(20)24/h1-12,15,33H,13-14,16-17H2. The van der Waals surface area contributed by atoms with Crippen LogP contribution in [0.1, 0.15) is 27.8 Å². The fraction of sp³-hybridized carbons (Fsp3) is 0.231. The number of rotatable bonds is 7. The smallest absolute Gasteiger partial charge is 0.361 e. The Labute approximate surface area is 192 Å². The lowest BCUT2D eigenvalue weighted by Gasteiger charge is -2.23. The van der Waals surface area contributed by atoms with Gasteiger partial charge in [-0.2, -0.15) is 26.3 Å². The number of nitrogens with one attached hydrogen (secondary N) is 1. The SMILES string of the molecule is FC(F)(F)c1ccc(CN(CCc2c[nH]c3ccccc23)Cc2ccc(C(F)(F)F)cc2)cc1. The fourth-order valence-electron chi connectivity index (χ4n) is 3.95. The number of halogens is 6. The first-order valence-corrected chi connectivity index (χ1v) is 10.7. The molecule has 3 aromatic carbocycles. The number of fused-ring (bicyclic) bond motifs is 1. The lowest BCUT2D eigenvalue weighted by molar-refractivity contribution is -0.138. The Balaban J connectivity index is 1.52. The normalized spacial score (nSPS) is 12.6. The van der Waals surface area contributed by atoms with E-state index in [0.29, 0.717) is 37.2 Å². The molecule has 0 aliphatic rings. The first-order valence-electron chi connectivity index (χ1n) is 10.7. The second-order valence-electron chi connectivity index (χ2n) is 8.21. The summed E-state index contributed by atoms with van der Waals surface area (Å²) >= 11 is 0. The molecule has 0 aliphatic carbocycles. The highest BCUT2D eigenvalue weighted by Crippen LogP contribution is 2.30. The molecule has 0 radical (unpaired) electrons. The molecule has 0 bridgehead atoms. The van der Waals surface area contributed by atoms with Crippen molar-refractivity contribution in [3.05, 3.63) is 107 Å². The maximum atomic E-state index is 12.9. The summed E-state index contributed by atoms with van der Waals surface area (Å²) in [4.78, 5) is 5.24. The third kappa shape index (κ3) is 5.80. The molecule has 2 nitrogen and oxygen atoms in total. The topological polar surface area (TPSA) is 19.0 Å². The number of para-hydroxylation sites is 1. The molecule has 1 aromatic heterocycles. The van der Waals surface area contributed by atoms with Crippen LogP contribution in [0.15, 0.2) is 79.0 Å². The predicted molar refractivity (Wildman–Crippen MR) is 119 cm³/mol. The molecule has 0 spiro atoms. The van der Waals surface area contributed by atoms with Crippen molar-refractivity contribution in [2.75, 3.05) is 6.54 Å². The molecule has 0 atom stereocenters. The van der Waals surface area contributed by atoms with Crippen LogP contribution in [0.25, 0.3) is 10.9 Å². The first kappa shape index (κ1) is 23.9. The fourth-order valence-corrected chi connectivity index (χ4v) is 3.95. The van der Waals surface area contributed by atoms with Crippen molar-refractivity contribution in [2.24, 2.45) is 0 Å². The van der Waals surface area contributed by atoms with Crippen LogP contribution in [0.4, 0.5) is 26.3 Å². The van der Waals surface area contributed by atoms with Crippen LogP contribution in [0.3, 0.4) is 0 Å².